The molecule has 2 atom stereocenters. The van der Waals surface area contributed by atoms with Gasteiger partial charge in [-0.1, -0.05) is 25.4 Å². The quantitative estimate of drug-likeness (QED) is 0.932. The summed E-state index contributed by atoms with van der Waals surface area (Å²) in [6.07, 6.45) is 2.08. The van der Waals surface area contributed by atoms with Crippen LogP contribution in [0.5, 0.6) is 0 Å². The monoisotopic (exact) mass is 312 g/mol. The lowest BCUT2D eigenvalue weighted by Crippen LogP contribution is -2.45. The molecular formula is C15H25ClN4O. The third kappa shape index (κ3) is 3.24. The fourth-order valence-electron chi connectivity index (χ4n) is 2.91. The van der Waals surface area contributed by atoms with Crippen molar-refractivity contribution in [2.24, 2.45) is 18.7 Å². The molecule has 1 fully saturated rings. The van der Waals surface area contributed by atoms with Crippen LogP contribution in [-0.2, 0) is 7.05 Å². The lowest BCUT2D eigenvalue weighted by molar-refractivity contribution is 0.0659. The minimum atomic E-state index is -0.0119. The number of likely N-dealkylation sites (tertiary alicyclic amines) is 1. The van der Waals surface area contributed by atoms with Gasteiger partial charge in [0, 0.05) is 26.2 Å². The summed E-state index contributed by atoms with van der Waals surface area (Å²) in [5, 5.41) is 4.82. The summed E-state index contributed by atoms with van der Waals surface area (Å²) in [7, 11) is 1.77. The van der Waals surface area contributed by atoms with Crippen LogP contribution in [0.2, 0.25) is 5.15 Å². The van der Waals surface area contributed by atoms with E-state index >= 15 is 0 Å². The molecular weight excluding hydrogens is 288 g/mol. The summed E-state index contributed by atoms with van der Waals surface area (Å²) in [6.45, 7) is 7.53. The molecule has 0 aliphatic carbocycles. The highest BCUT2D eigenvalue weighted by Gasteiger charge is 2.31. The number of carbonyl (C=O) groups is 1. The predicted molar refractivity (Wildman–Crippen MR) is 84.6 cm³/mol. The van der Waals surface area contributed by atoms with Gasteiger partial charge in [-0.15, -0.1) is 0 Å². The van der Waals surface area contributed by atoms with Gasteiger partial charge in [-0.3, -0.25) is 9.48 Å². The number of hydrogen-bond acceptors (Lipinski definition) is 3. The van der Waals surface area contributed by atoms with Crippen molar-refractivity contribution in [1.29, 1.82) is 0 Å². The third-order valence-electron chi connectivity index (χ3n) is 4.25. The standard InChI is InChI=1S/C15H25ClN4O/c1-9(2)13-12(14(16)19(4)18-13)15(21)20-7-5-6-11(8-20)10(3)17/h9-11H,5-8,17H2,1-4H3/t10-,11-/m0/s1. The molecule has 0 radical (unpaired) electrons. The smallest absolute Gasteiger partial charge is 0.258 e. The molecule has 5 nitrogen and oxygen atoms in total. The lowest BCUT2D eigenvalue weighted by Gasteiger charge is -2.34. The van der Waals surface area contributed by atoms with Crippen molar-refractivity contribution >= 4 is 17.5 Å². The van der Waals surface area contributed by atoms with Gasteiger partial charge in [-0.05, 0) is 31.6 Å². The third-order valence-corrected chi connectivity index (χ3v) is 4.69. The maximum absolute atomic E-state index is 12.9. The van der Waals surface area contributed by atoms with E-state index in [1.165, 1.54) is 0 Å². The van der Waals surface area contributed by atoms with Gasteiger partial charge in [-0.2, -0.15) is 5.10 Å². The summed E-state index contributed by atoms with van der Waals surface area (Å²) < 4.78 is 1.58. The van der Waals surface area contributed by atoms with Crippen molar-refractivity contribution in [2.45, 2.75) is 45.6 Å². The molecule has 1 aliphatic heterocycles. The van der Waals surface area contributed by atoms with Crippen molar-refractivity contribution in [1.82, 2.24) is 14.7 Å². The highest BCUT2D eigenvalue weighted by molar-refractivity contribution is 6.33. The second-order valence-corrected chi connectivity index (χ2v) is 6.70. The second-order valence-electron chi connectivity index (χ2n) is 6.34. The maximum Gasteiger partial charge on any atom is 0.258 e. The molecule has 1 aromatic rings. The van der Waals surface area contributed by atoms with E-state index in [-0.39, 0.29) is 17.9 Å². The first-order valence-corrected chi connectivity index (χ1v) is 7.98. The lowest BCUT2D eigenvalue weighted by atomic mass is 9.91. The molecule has 1 aliphatic rings. The van der Waals surface area contributed by atoms with Crippen LogP contribution in [0.1, 0.15) is 55.6 Å². The van der Waals surface area contributed by atoms with Crippen molar-refractivity contribution in [2.75, 3.05) is 13.1 Å². The molecule has 21 heavy (non-hydrogen) atoms. The first kappa shape index (κ1) is 16.3. The molecule has 0 unspecified atom stereocenters. The van der Waals surface area contributed by atoms with Crippen molar-refractivity contribution in [3.8, 4) is 0 Å². The fourth-order valence-corrected chi connectivity index (χ4v) is 3.12. The Morgan fingerprint density at radius 2 is 2.10 bits per heavy atom. The summed E-state index contributed by atoms with van der Waals surface area (Å²) in [5.74, 6) is 0.513. The number of aryl methyl sites for hydroxylation is 1. The summed E-state index contributed by atoms with van der Waals surface area (Å²) in [5.41, 5.74) is 7.33. The van der Waals surface area contributed by atoms with Crippen molar-refractivity contribution < 1.29 is 4.79 Å². The van der Waals surface area contributed by atoms with Crippen LogP contribution in [0.3, 0.4) is 0 Å². The number of nitrogens with zero attached hydrogens (tertiary/aromatic N) is 3. The van der Waals surface area contributed by atoms with Gasteiger partial charge >= 0.3 is 0 Å². The SMILES string of the molecule is CC(C)c1nn(C)c(Cl)c1C(=O)N1CCC[C@H]([C@H](C)N)C1. The van der Waals surface area contributed by atoms with E-state index in [9.17, 15) is 4.79 Å². The first-order valence-electron chi connectivity index (χ1n) is 7.60. The summed E-state index contributed by atoms with van der Waals surface area (Å²) >= 11 is 6.30. The maximum atomic E-state index is 12.9. The number of piperidine rings is 1. The Kier molecular flexibility index (Phi) is 4.94. The van der Waals surface area contributed by atoms with Crippen LogP contribution in [0.25, 0.3) is 0 Å². The normalized spacial score (nSPS) is 20.9. The number of hydrogen-bond donors (Lipinski definition) is 1. The van der Waals surface area contributed by atoms with E-state index in [4.69, 9.17) is 17.3 Å². The highest BCUT2D eigenvalue weighted by atomic mass is 35.5. The zero-order valence-corrected chi connectivity index (χ0v) is 14.0. The van der Waals surface area contributed by atoms with Crippen LogP contribution >= 0.6 is 11.6 Å². The Morgan fingerprint density at radius 1 is 1.43 bits per heavy atom. The van der Waals surface area contributed by atoms with Gasteiger partial charge < -0.3 is 10.6 Å². The average molecular weight is 313 g/mol. The van der Waals surface area contributed by atoms with E-state index in [0.717, 1.165) is 25.1 Å². The molecule has 0 spiro atoms. The molecule has 1 saturated heterocycles. The Labute approximate surface area is 131 Å². The van der Waals surface area contributed by atoms with E-state index in [2.05, 4.69) is 5.10 Å². The molecule has 118 valence electrons. The zero-order chi connectivity index (χ0) is 15.7. The minimum Gasteiger partial charge on any atom is -0.338 e. The Morgan fingerprint density at radius 3 is 2.67 bits per heavy atom. The van der Waals surface area contributed by atoms with E-state index in [1.54, 1.807) is 11.7 Å². The zero-order valence-electron chi connectivity index (χ0n) is 13.3. The molecule has 2 N–H and O–H groups in total. The van der Waals surface area contributed by atoms with Crippen LogP contribution in [0.15, 0.2) is 0 Å². The number of amides is 1. The topological polar surface area (TPSA) is 64.2 Å². The number of halogens is 1. The van der Waals surface area contributed by atoms with Gasteiger partial charge in [0.1, 0.15) is 5.15 Å². The molecule has 1 aromatic heterocycles. The average Bonchev–Trinajstić information content (AvgIpc) is 2.74. The highest BCUT2D eigenvalue weighted by Crippen LogP contribution is 2.28. The molecule has 2 heterocycles. The summed E-state index contributed by atoms with van der Waals surface area (Å²) in [6, 6.07) is 0.106. The fraction of sp³-hybridized carbons (Fsp3) is 0.733. The van der Waals surface area contributed by atoms with Crippen LogP contribution in [-0.4, -0.2) is 39.7 Å². The van der Waals surface area contributed by atoms with Gasteiger partial charge in [0.05, 0.1) is 11.3 Å². The van der Waals surface area contributed by atoms with Gasteiger partial charge in [-0.25, -0.2) is 0 Å². The number of carbonyl (C=O) groups excluding carboxylic acids is 1. The van der Waals surface area contributed by atoms with E-state index in [1.807, 2.05) is 25.7 Å². The van der Waals surface area contributed by atoms with E-state index < -0.39 is 0 Å². The van der Waals surface area contributed by atoms with Crippen LogP contribution in [0.4, 0.5) is 0 Å². The second kappa shape index (κ2) is 6.36. The largest absolute Gasteiger partial charge is 0.338 e. The van der Waals surface area contributed by atoms with Crippen molar-refractivity contribution in [3.05, 3.63) is 16.4 Å². The Hall–Kier alpha value is -1.07. The van der Waals surface area contributed by atoms with Gasteiger partial charge in [0.15, 0.2) is 0 Å². The number of aromatic nitrogens is 2. The Bertz CT molecular complexity index is 524. The van der Waals surface area contributed by atoms with Crippen molar-refractivity contribution in [3.63, 3.8) is 0 Å². The molecule has 1 amide bonds. The van der Waals surface area contributed by atoms with Gasteiger partial charge in [0.2, 0.25) is 0 Å². The summed E-state index contributed by atoms with van der Waals surface area (Å²) in [4.78, 5) is 14.8. The van der Waals surface area contributed by atoms with Gasteiger partial charge in [0.25, 0.3) is 5.91 Å². The molecule has 0 saturated carbocycles. The Balaban J connectivity index is 2.28. The number of nitrogens with two attached hydrogens (primary N) is 1. The predicted octanol–water partition coefficient (Wildman–Crippen LogP) is 2.40. The van der Waals surface area contributed by atoms with E-state index in [0.29, 0.717) is 23.2 Å². The minimum absolute atomic E-state index is 0.0119. The number of rotatable bonds is 3. The molecule has 0 bridgehead atoms. The molecule has 6 heteroatoms. The first-order chi connectivity index (χ1) is 9.82. The molecule has 2 rings (SSSR count). The molecule has 0 aromatic carbocycles. The van der Waals surface area contributed by atoms with Crippen LogP contribution in [0, 0.1) is 5.92 Å². The van der Waals surface area contributed by atoms with Crippen LogP contribution < -0.4 is 5.73 Å².